The second-order valence-electron chi connectivity index (χ2n) is 6.47. The van der Waals surface area contributed by atoms with Crippen molar-refractivity contribution in [3.05, 3.63) is 59.7 Å². The van der Waals surface area contributed by atoms with E-state index in [9.17, 15) is 9.90 Å². The summed E-state index contributed by atoms with van der Waals surface area (Å²) >= 11 is 1.16. The Morgan fingerprint density at radius 1 is 1.32 bits per heavy atom. The molecule has 10 nitrogen and oxygen atoms in total. The molecule has 0 saturated carbocycles. The molecule has 0 aliphatic rings. The summed E-state index contributed by atoms with van der Waals surface area (Å²) < 4.78 is 6.21. The number of hydrogen-bond donors (Lipinski definition) is 4. The van der Waals surface area contributed by atoms with Crippen molar-refractivity contribution in [2.75, 3.05) is 24.1 Å². The molecule has 3 rings (SSSR count). The van der Waals surface area contributed by atoms with Gasteiger partial charge in [0.05, 0.1) is 25.1 Å². The highest BCUT2D eigenvalue weighted by atomic mass is 32.2. The average Bonchev–Trinajstić information content (AvgIpc) is 3.12. The van der Waals surface area contributed by atoms with Gasteiger partial charge in [0.15, 0.2) is 11.5 Å². The Kier molecular flexibility index (Phi) is 7.33. The first kappa shape index (κ1) is 22.0. The summed E-state index contributed by atoms with van der Waals surface area (Å²) in [4.78, 5) is 12.2. The summed E-state index contributed by atoms with van der Waals surface area (Å²) in [6, 6.07) is 14.5. The quantitative estimate of drug-likeness (QED) is 0.171. The lowest BCUT2D eigenvalue weighted by atomic mass is 10.1. The highest BCUT2D eigenvalue weighted by molar-refractivity contribution is 7.99. The molecule has 0 fully saturated rings. The monoisotopic (exact) mass is 441 g/mol. The molecule has 1 atom stereocenters. The van der Waals surface area contributed by atoms with E-state index in [-0.39, 0.29) is 29.4 Å². The molecule has 5 N–H and O–H groups in total. The van der Waals surface area contributed by atoms with E-state index in [4.69, 9.17) is 10.6 Å². The molecule has 1 unspecified atom stereocenters. The zero-order chi connectivity index (χ0) is 22.2. The van der Waals surface area contributed by atoms with Gasteiger partial charge < -0.3 is 21.0 Å². The first-order valence-electron chi connectivity index (χ1n) is 9.31. The van der Waals surface area contributed by atoms with Crippen LogP contribution in [0, 0.1) is 0 Å². The largest absolute Gasteiger partial charge is 0.504 e. The fourth-order valence-corrected chi connectivity index (χ4v) is 3.31. The van der Waals surface area contributed by atoms with Crippen LogP contribution >= 0.6 is 11.8 Å². The van der Waals surface area contributed by atoms with Crippen LogP contribution in [0.15, 0.2) is 58.8 Å². The van der Waals surface area contributed by atoms with E-state index in [0.29, 0.717) is 16.5 Å². The van der Waals surface area contributed by atoms with Crippen LogP contribution in [0.25, 0.3) is 0 Å². The molecule has 3 aromatic rings. The normalized spacial score (nSPS) is 11.9. The van der Waals surface area contributed by atoms with E-state index in [1.807, 2.05) is 37.3 Å². The summed E-state index contributed by atoms with van der Waals surface area (Å²) in [7, 11) is 1.47. The molecule has 0 radical (unpaired) electrons. The van der Waals surface area contributed by atoms with E-state index in [1.54, 1.807) is 12.1 Å². The number of carbonyl (C=O) groups is 1. The minimum atomic E-state index is -0.142. The Labute approximate surface area is 183 Å². The van der Waals surface area contributed by atoms with Gasteiger partial charge in [-0.15, -0.1) is 10.2 Å². The Morgan fingerprint density at radius 3 is 2.81 bits per heavy atom. The number of benzene rings is 2. The lowest BCUT2D eigenvalue weighted by Gasteiger charge is -2.13. The third-order valence-corrected chi connectivity index (χ3v) is 5.20. The summed E-state index contributed by atoms with van der Waals surface area (Å²) in [6.07, 6.45) is 1.49. The van der Waals surface area contributed by atoms with Crippen LogP contribution in [0.3, 0.4) is 0 Å². The molecule has 0 saturated heterocycles. The highest BCUT2D eigenvalue weighted by Gasteiger charge is 2.14. The number of thioether (sulfide) groups is 1. The van der Waals surface area contributed by atoms with Gasteiger partial charge in [0, 0.05) is 0 Å². The molecule has 1 aromatic heterocycles. The van der Waals surface area contributed by atoms with Gasteiger partial charge in [-0.05, 0) is 36.2 Å². The minimum Gasteiger partial charge on any atom is -0.504 e. The predicted octanol–water partition coefficient (Wildman–Crippen LogP) is 2.12. The van der Waals surface area contributed by atoms with Crippen molar-refractivity contribution in [2.24, 2.45) is 5.10 Å². The van der Waals surface area contributed by atoms with Crippen LogP contribution in [0.1, 0.15) is 24.1 Å². The third-order valence-electron chi connectivity index (χ3n) is 4.26. The first-order valence-corrected chi connectivity index (χ1v) is 10.3. The van der Waals surface area contributed by atoms with Crippen molar-refractivity contribution >= 4 is 29.8 Å². The van der Waals surface area contributed by atoms with Crippen LogP contribution in [0.5, 0.6) is 11.5 Å². The molecule has 0 bridgehead atoms. The second kappa shape index (κ2) is 10.3. The number of methoxy groups -OCH3 is 1. The molecular formula is C20H23N7O3S. The Hall–Kier alpha value is -3.73. The lowest BCUT2D eigenvalue weighted by molar-refractivity contribution is -0.119. The fourth-order valence-electron chi connectivity index (χ4n) is 2.64. The number of nitrogens with two attached hydrogens (primary N) is 1. The first-order chi connectivity index (χ1) is 15.0. The minimum absolute atomic E-state index is 0.00647. The van der Waals surface area contributed by atoms with E-state index in [2.05, 4.69) is 26.0 Å². The van der Waals surface area contributed by atoms with Gasteiger partial charge >= 0.3 is 0 Å². The van der Waals surface area contributed by atoms with Gasteiger partial charge in [-0.1, -0.05) is 42.1 Å². The van der Waals surface area contributed by atoms with Crippen molar-refractivity contribution in [3.8, 4) is 11.5 Å². The number of rotatable bonds is 9. The number of amides is 1. The number of nitrogens with one attached hydrogen (secondary N) is 2. The van der Waals surface area contributed by atoms with Crippen LogP contribution in [-0.4, -0.2) is 45.0 Å². The third kappa shape index (κ3) is 5.89. The molecular weight excluding hydrogens is 418 g/mol. The predicted molar refractivity (Wildman–Crippen MR) is 120 cm³/mol. The van der Waals surface area contributed by atoms with E-state index >= 15 is 0 Å². The van der Waals surface area contributed by atoms with E-state index in [1.165, 1.54) is 24.1 Å². The van der Waals surface area contributed by atoms with Crippen LogP contribution < -0.4 is 21.3 Å². The van der Waals surface area contributed by atoms with Crippen molar-refractivity contribution in [1.82, 2.24) is 20.2 Å². The Balaban J connectivity index is 1.51. The average molecular weight is 442 g/mol. The summed E-state index contributed by atoms with van der Waals surface area (Å²) in [5.41, 5.74) is 4.35. The topological polar surface area (TPSA) is 140 Å². The lowest BCUT2D eigenvalue weighted by Crippen LogP contribution is -2.28. The standard InChI is InChI=1S/C20H23N7O3S/c1-13(15-6-4-3-5-7-15)23-18(29)12-31-20-26-25-19(27(20)21)24-22-11-14-8-9-17(30-2)16(28)10-14/h3-11,13,28H,12,21H2,1-2H3,(H,23,29)(H,24,25)/b22-11+. The Bertz CT molecular complexity index is 1060. The molecule has 0 aliphatic carbocycles. The van der Waals surface area contributed by atoms with Crippen LogP contribution in [0.2, 0.25) is 0 Å². The fraction of sp³-hybridized carbons (Fsp3) is 0.200. The van der Waals surface area contributed by atoms with Gasteiger partial charge in [0.1, 0.15) is 0 Å². The van der Waals surface area contributed by atoms with E-state index in [0.717, 1.165) is 17.3 Å². The number of hydrogen-bond acceptors (Lipinski definition) is 9. The maximum atomic E-state index is 12.2. The summed E-state index contributed by atoms with van der Waals surface area (Å²) in [5.74, 6) is 6.55. The SMILES string of the molecule is COc1ccc(/C=N/Nc2nnc(SCC(=O)NC(C)c3ccccc3)n2N)cc1O. The van der Waals surface area contributed by atoms with Crippen molar-refractivity contribution < 1.29 is 14.6 Å². The molecule has 1 heterocycles. The number of phenolic OH excluding ortho intramolecular Hbond substituents is 1. The zero-order valence-corrected chi connectivity index (χ0v) is 17.8. The summed E-state index contributed by atoms with van der Waals surface area (Å²) in [5, 5.41) is 25.0. The number of anilines is 1. The van der Waals surface area contributed by atoms with Crippen LogP contribution in [0.4, 0.5) is 5.95 Å². The van der Waals surface area contributed by atoms with E-state index < -0.39 is 0 Å². The van der Waals surface area contributed by atoms with Gasteiger partial charge in [-0.3, -0.25) is 4.79 Å². The second-order valence-corrected chi connectivity index (χ2v) is 7.41. The van der Waals surface area contributed by atoms with Crippen LogP contribution in [-0.2, 0) is 4.79 Å². The maximum Gasteiger partial charge on any atom is 0.264 e. The highest BCUT2D eigenvalue weighted by Crippen LogP contribution is 2.25. The number of nitrogen functional groups attached to an aromatic ring is 1. The smallest absolute Gasteiger partial charge is 0.264 e. The molecule has 162 valence electrons. The van der Waals surface area contributed by atoms with Crippen molar-refractivity contribution in [1.29, 1.82) is 0 Å². The number of phenols is 1. The number of hydrazone groups is 1. The zero-order valence-electron chi connectivity index (χ0n) is 17.0. The van der Waals surface area contributed by atoms with Gasteiger partial charge in [0.2, 0.25) is 11.1 Å². The van der Waals surface area contributed by atoms with Gasteiger partial charge in [-0.25, -0.2) is 10.1 Å². The van der Waals surface area contributed by atoms with Crippen molar-refractivity contribution in [2.45, 2.75) is 18.1 Å². The molecule has 11 heteroatoms. The number of aromatic nitrogens is 3. The Morgan fingerprint density at radius 2 is 2.10 bits per heavy atom. The maximum absolute atomic E-state index is 12.2. The van der Waals surface area contributed by atoms with Gasteiger partial charge in [0.25, 0.3) is 5.95 Å². The molecule has 1 amide bonds. The molecule has 2 aromatic carbocycles. The van der Waals surface area contributed by atoms with Gasteiger partial charge in [-0.2, -0.15) is 5.10 Å². The number of carbonyl (C=O) groups excluding carboxylic acids is 1. The van der Waals surface area contributed by atoms with Crippen molar-refractivity contribution in [3.63, 3.8) is 0 Å². The molecule has 31 heavy (non-hydrogen) atoms. The number of aromatic hydroxyl groups is 1. The molecule has 0 aliphatic heterocycles. The number of nitrogens with zero attached hydrogens (tertiary/aromatic N) is 4. The number of ether oxygens (including phenoxy) is 1. The summed E-state index contributed by atoms with van der Waals surface area (Å²) in [6.45, 7) is 1.92. The molecule has 0 spiro atoms.